The van der Waals surface area contributed by atoms with Crippen molar-refractivity contribution >= 4 is 29.1 Å². The Balaban J connectivity index is 1.42. The highest BCUT2D eigenvalue weighted by molar-refractivity contribution is 6.30. The number of hydrogen-bond donors (Lipinski definition) is 2. The lowest BCUT2D eigenvalue weighted by molar-refractivity contribution is -0.125. The maximum atomic E-state index is 12.9. The summed E-state index contributed by atoms with van der Waals surface area (Å²) >= 11 is 5.92. The molecule has 1 aliphatic carbocycles. The zero-order valence-electron chi connectivity index (χ0n) is 13.5. The Hall–Kier alpha value is -2.40. The van der Waals surface area contributed by atoms with E-state index in [4.69, 9.17) is 11.6 Å². The van der Waals surface area contributed by atoms with E-state index >= 15 is 0 Å². The highest BCUT2D eigenvalue weighted by Crippen LogP contribution is 2.39. The number of anilines is 1. The minimum absolute atomic E-state index is 0.110. The van der Waals surface area contributed by atoms with Gasteiger partial charge < -0.3 is 10.6 Å². The molecule has 1 saturated carbocycles. The van der Waals surface area contributed by atoms with E-state index in [0.29, 0.717) is 30.1 Å². The Bertz CT molecular complexity index is 779. The number of rotatable bonds is 6. The molecule has 25 heavy (non-hydrogen) atoms. The maximum absolute atomic E-state index is 12.9. The number of carbonyl (C=O) groups excluding carboxylic acids is 2. The molecule has 2 aromatic rings. The van der Waals surface area contributed by atoms with E-state index in [9.17, 15) is 14.0 Å². The van der Waals surface area contributed by atoms with E-state index < -0.39 is 0 Å². The van der Waals surface area contributed by atoms with Gasteiger partial charge in [-0.2, -0.15) is 0 Å². The summed E-state index contributed by atoms with van der Waals surface area (Å²) in [5.41, 5.74) is 1.58. The Morgan fingerprint density at radius 1 is 1.08 bits per heavy atom. The van der Waals surface area contributed by atoms with E-state index in [1.165, 1.54) is 24.3 Å². The zero-order chi connectivity index (χ0) is 17.8. The van der Waals surface area contributed by atoms with E-state index in [1.807, 2.05) is 18.2 Å². The second-order valence-corrected chi connectivity index (χ2v) is 6.55. The molecular formula is C19H18ClFN2O2. The van der Waals surface area contributed by atoms with Gasteiger partial charge in [-0.15, -0.1) is 0 Å². The Labute approximate surface area is 150 Å². The summed E-state index contributed by atoms with van der Waals surface area (Å²) in [6, 6.07) is 13.0. The summed E-state index contributed by atoms with van der Waals surface area (Å²) in [5, 5.41) is 6.23. The fourth-order valence-corrected chi connectivity index (χ4v) is 2.91. The van der Waals surface area contributed by atoms with E-state index in [2.05, 4.69) is 10.6 Å². The molecule has 0 spiro atoms. The summed E-state index contributed by atoms with van der Waals surface area (Å²) in [6.07, 6.45) is 1.22. The molecule has 2 atom stereocenters. The van der Waals surface area contributed by atoms with Crippen LogP contribution in [0, 0.1) is 17.7 Å². The molecule has 6 heteroatoms. The van der Waals surface area contributed by atoms with E-state index in [1.54, 1.807) is 6.07 Å². The average Bonchev–Trinajstić information content (AvgIpc) is 3.38. The van der Waals surface area contributed by atoms with Gasteiger partial charge in [-0.3, -0.25) is 9.59 Å². The number of halogens is 2. The smallest absolute Gasteiger partial charge is 0.228 e. The highest BCUT2D eigenvalue weighted by Gasteiger charge is 2.47. The van der Waals surface area contributed by atoms with E-state index in [-0.39, 0.29) is 29.5 Å². The SMILES string of the molecule is O=C(NCCc1cccc(Cl)c1)C1CC1C(=O)Nc1ccc(F)cc1. The monoisotopic (exact) mass is 360 g/mol. The minimum atomic E-state index is -0.360. The Kier molecular flexibility index (Phi) is 5.34. The van der Waals surface area contributed by atoms with Crippen molar-refractivity contribution in [2.24, 2.45) is 11.8 Å². The molecule has 0 heterocycles. The fraction of sp³-hybridized carbons (Fsp3) is 0.263. The van der Waals surface area contributed by atoms with Crippen LogP contribution in [0.5, 0.6) is 0 Å². The van der Waals surface area contributed by atoms with Gasteiger partial charge in [0.15, 0.2) is 0 Å². The van der Waals surface area contributed by atoms with Gasteiger partial charge >= 0.3 is 0 Å². The van der Waals surface area contributed by atoms with Crippen LogP contribution in [0.25, 0.3) is 0 Å². The lowest BCUT2D eigenvalue weighted by Gasteiger charge is -2.06. The topological polar surface area (TPSA) is 58.2 Å². The summed E-state index contributed by atoms with van der Waals surface area (Å²) in [4.78, 5) is 24.2. The first kappa shape index (κ1) is 17.4. The minimum Gasteiger partial charge on any atom is -0.356 e. The third-order valence-electron chi connectivity index (χ3n) is 4.18. The van der Waals surface area contributed by atoms with Crippen molar-refractivity contribution in [1.29, 1.82) is 0 Å². The van der Waals surface area contributed by atoms with Gasteiger partial charge in [0.2, 0.25) is 11.8 Å². The van der Waals surface area contributed by atoms with Crippen LogP contribution in [-0.4, -0.2) is 18.4 Å². The van der Waals surface area contributed by atoms with Crippen LogP contribution in [0.4, 0.5) is 10.1 Å². The van der Waals surface area contributed by atoms with Crippen LogP contribution >= 0.6 is 11.6 Å². The second-order valence-electron chi connectivity index (χ2n) is 6.12. The Morgan fingerprint density at radius 2 is 1.80 bits per heavy atom. The van der Waals surface area contributed by atoms with E-state index in [0.717, 1.165) is 5.56 Å². The molecule has 0 saturated heterocycles. The number of amides is 2. The molecule has 3 rings (SSSR count). The van der Waals surface area contributed by atoms with Crippen molar-refractivity contribution in [3.63, 3.8) is 0 Å². The van der Waals surface area contributed by atoms with Crippen LogP contribution in [0.2, 0.25) is 5.02 Å². The van der Waals surface area contributed by atoms with Gasteiger partial charge in [-0.25, -0.2) is 4.39 Å². The lowest BCUT2D eigenvalue weighted by atomic mass is 10.1. The second kappa shape index (κ2) is 7.66. The molecule has 130 valence electrons. The molecular weight excluding hydrogens is 343 g/mol. The maximum Gasteiger partial charge on any atom is 0.228 e. The molecule has 0 radical (unpaired) electrons. The van der Waals surface area contributed by atoms with Crippen molar-refractivity contribution in [2.45, 2.75) is 12.8 Å². The normalized spacial score (nSPS) is 18.5. The number of carbonyl (C=O) groups is 2. The van der Waals surface area contributed by atoms with Gasteiger partial charge in [0.1, 0.15) is 5.82 Å². The molecule has 0 aromatic heterocycles. The molecule has 4 nitrogen and oxygen atoms in total. The van der Waals surface area contributed by atoms with Gasteiger partial charge in [-0.1, -0.05) is 23.7 Å². The summed E-state index contributed by atoms with van der Waals surface area (Å²) in [7, 11) is 0. The number of hydrogen-bond acceptors (Lipinski definition) is 2. The first-order chi connectivity index (χ1) is 12.0. The van der Waals surface area contributed by atoms with Crippen LogP contribution < -0.4 is 10.6 Å². The van der Waals surface area contributed by atoms with Crippen LogP contribution in [-0.2, 0) is 16.0 Å². The van der Waals surface area contributed by atoms with Gasteiger partial charge in [0.25, 0.3) is 0 Å². The summed E-state index contributed by atoms with van der Waals surface area (Å²) in [5.74, 6) is -1.29. The fourth-order valence-electron chi connectivity index (χ4n) is 2.70. The number of benzene rings is 2. The van der Waals surface area contributed by atoms with Crippen molar-refractivity contribution in [3.05, 3.63) is 64.9 Å². The van der Waals surface area contributed by atoms with Gasteiger partial charge in [-0.05, 0) is 54.8 Å². The molecule has 0 bridgehead atoms. The predicted molar refractivity (Wildman–Crippen MR) is 94.8 cm³/mol. The predicted octanol–water partition coefficient (Wildman–Crippen LogP) is 3.41. The largest absolute Gasteiger partial charge is 0.356 e. The van der Waals surface area contributed by atoms with Crippen LogP contribution in [0.1, 0.15) is 12.0 Å². The first-order valence-electron chi connectivity index (χ1n) is 8.11. The lowest BCUT2D eigenvalue weighted by Crippen LogP contribution is -2.29. The Morgan fingerprint density at radius 3 is 2.52 bits per heavy atom. The molecule has 2 amide bonds. The van der Waals surface area contributed by atoms with Crippen molar-refractivity contribution in [3.8, 4) is 0 Å². The number of nitrogens with one attached hydrogen (secondary N) is 2. The van der Waals surface area contributed by atoms with Crippen LogP contribution in [0.15, 0.2) is 48.5 Å². The average molecular weight is 361 g/mol. The highest BCUT2D eigenvalue weighted by atomic mass is 35.5. The van der Waals surface area contributed by atoms with Crippen LogP contribution in [0.3, 0.4) is 0 Å². The summed E-state index contributed by atoms with van der Waals surface area (Å²) in [6.45, 7) is 0.502. The third kappa shape index (κ3) is 4.79. The van der Waals surface area contributed by atoms with Crippen molar-refractivity contribution < 1.29 is 14.0 Å². The first-order valence-corrected chi connectivity index (χ1v) is 8.49. The van der Waals surface area contributed by atoms with Gasteiger partial charge in [0.05, 0.1) is 11.8 Å². The third-order valence-corrected chi connectivity index (χ3v) is 4.41. The van der Waals surface area contributed by atoms with Crippen molar-refractivity contribution in [1.82, 2.24) is 5.32 Å². The summed E-state index contributed by atoms with van der Waals surface area (Å²) < 4.78 is 12.9. The zero-order valence-corrected chi connectivity index (χ0v) is 14.2. The molecule has 2 unspecified atom stereocenters. The quantitative estimate of drug-likeness (QED) is 0.829. The standard InChI is InChI=1S/C19H18ClFN2O2/c20-13-3-1-2-12(10-13)8-9-22-18(24)16-11-17(16)19(25)23-15-6-4-14(21)5-7-15/h1-7,10,16-17H,8-9,11H2,(H,22,24)(H,23,25). The molecule has 1 fully saturated rings. The van der Waals surface area contributed by atoms with Crippen molar-refractivity contribution in [2.75, 3.05) is 11.9 Å². The molecule has 2 aromatic carbocycles. The molecule has 1 aliphatic rings. The molecule has 2 N–H and O–H groups in total. The molecule has 0 aliphatic heterocycles. The van der Waals surface area contributed by atoms with Gasteiger partial charge in [0, 0.05) is 17.3 Å².